The highest BCUT2D eigenvalue weighted by Crippen LogP contribution is 2.40. The third kappa shape index (κ3) is 4.90. The molecule has 2 saturated heterocycles. The number of rotatable bonds is 5. The second-order valence-corrected chi connectivity index (χ2v) is 10.6. The van der Waals surface area contributed by atoms with Gasteiger partial charge in [0, 0.05) is 53.9 Å². The van der Waals surface area contributed by atoms with Crippen LogP contribution in [0.4, 0.5) is 0 Å². The number of hydrogen-bond donors (Lipinski definition) is 2. The van der Waals surface area contributed by atoms with Crippen molar-refractivity contribution in [3.05, 3.63) is 83.3 Å². The lowest BCUT2D eigenvalue weighted by molar-refractivity contribution is 0.0696. The van der Waals surface area contributed by atoms with Crippen molar-refractivity contribution in [2.45, 2.75) is 64.2 Å². The summed E-state index contributed by atoms with van der Waals surface area (Å²) in [5.74, 6) is -0.0345. The first-order chi connectivity index (χ1) is 18.6. The number of piperidine rings is 1. The van der Waals surface area contributed by atoms with E-state index in [1.807, 2.05) is 43.5 Å². The predicted octanol–water partition coefficient (Wildman–Crippen LogP) is 4.99. The van der Waals surface area contributed by atoms with Crippen LogP contribution < -0.4 is 10.6 Å². The van der Waals surface area contributed by atoms with E-state index in [1.54, 1.807) is 0 Å². The quantitative estimate of drug-likeness (QED) is 0.505. The fourth-order valence-electron chi connectivity index (χ4n) is 5.88. The van der Waals surface area contributed by atoms with E-state index >= 15 is 0 Å². The summed E-state index contributed by atoms with van der Waals surface area (Å²) in [4.78, 5) is 24.8. The number of ether oxygens (including phenoxy) is 1. The Bertz CT molecular complexity index is 1350. The van der Waals surface area contributed by atoms with Gasteiger partial charge in [0.2, 0.25) is 0 Å². The summed E-state index contributed by atoms with van der Waals surface area (Å²) in [5.41, 5.74) is 7.91. The molecule has 0 radical (unpaired) electrons. The van der Waals surface area contributed by atoms with Crippen molar-refractivity contribution in [2.24, 2.45) is 0 Å². The van der Waals surface area contributed by atoms with Gasteiger partial charge < -0.3 is 20.3 Å². The summed E-state index contributed by atoms with van der Waals surface area (Å²) in [6.45, 7) is 5.76. The van der Waals surface area contributed by atoms with E-state index < -0.39 is 0 Å². The highest BCUT2D eigenvalue weighted by molar-refractivity contribution is 5.95. The summed E-state index contributed by atoms with van der Waals surface area (Å²) in [7, 11) is 0. The van der Waals surface area contributed by atoms with Crippen LogP contribution in [-0.4, -0.2) is 52.2 Å². The molecule has 2 atom stereocenters. The molecule has 0 aliphatic carbocycles. The van der Waals surface area contributed by atoms with Crippen molar-refractivity contribution >= 4 is 17.3 Å². The largest absolute Gasteiger partial charge is 0.381 e. The Morgan fingerprint density at radius 3 is 2.61 bits per heavy atom. The molecule has 1 unspecified atom stereocenters. The van der Waals surface area contributed by atoms with Gasteiger partial charge in [-0.1, -0.05) is 18.2 Å². The van der Waals surface area contributed by atoms with Crippen LogP contribution in [0.1, 0.15) is 66.3 Å². The number of aromatic nitrogens is 2. The SMILES string of the molecule is Cc1cccc(C2=C(c3ccnc(-c4ccc(C(=O)NC5CCOCC5)cc4)c3)N3C(CCC[C@H]3C)N2)n1. The smallest absolute Gasteiger partial charge is 0.251 e. The van der Waals surface area contributed by atoms with Crippen LogP contribution in [0.15, 0.2) is 60.8 Å². The summed E-state index contributed by atoms with van der Waals surface area (Å²) in [6.07, 6.45) is 7.38. The van der Waals surface area contributed by atoms with Gasteiger partial charge in [-0.05, 0) is 82.3 Å². The highest BCUT2D eigenvalue weighted by atomic mass is 16.5. The van der Waals surface area contributed by atoms with E-state index in [0.29, 0.717) is 24.8 Å². The molecule has 196 valence electrons. The van der Waals surface area contributed by atoms with Crippen LogP contribution in [0, 0.1) is 6.92 Å². The first-order valence-electron chi connectivity index (χ1n) is 13.8. The molecule has 2 fully saturated rings. The number of carbonyl (C=O) groups is 1. The molecule has 7 heteroatoms. The molecule has 0 spiro atoms. The Morgan fingerprint density at radius 1 is 1.00 bits per heavy atom. The van der Waals surface area contributed by atoms with Crippen LogP contribution >= 0.6 is 0 Å². The van der Waals surface area contributed by atoms with Gasteiger partial charge in [-0.25, -0.2) is 0 Å². The lowest BCUT2D eigenvalue weighted by Gasteiger charge is -2.39. The van der Waals surface area contributed by atoms with Crippen LogP contribution in [0.25, 0.3) is 22.7 Å². The van der Waals surface area contributed by atoms with Crippen LogP contribution in [-0.2, 0) is 4.74 Å². The average Bonchev–Trinajstić information content (AvgIpc) is 3.35. The van der Waals surface area contributed by atoms with E-state index in [4.69, 9.17) is 14.7 Å². The second-order valence-electron chi connectivity index (χ2n) is 10.6. The maximum absolute atomic E-state index is 12.8. The number of hydrogen-bond acceptors (Lipinski definition) is 6. The molecule has 7 nitrogen and oxygen atoms in total. The summed E-state index contributed by atoms with van der Waals surface area (Å²) < 4.78 is 5.40. The van der Waals surface area contributed by atoms with E-state index in [1.165, 1.54) is 18.5 Å². The van der Waals surface area contributed by atoms with Gasteiger partial charge in [-0.3, -0.25) is 14.8 Å². The van der Waals surface area contributed by atoms with Crippen LogP contribution in [0.5, 0.6) is 0 Å². The Labute approximate surface area is 224 Å². The van der Waals surface area contributed by atoms with E-state index in [0.717, 1.165) is 53.2 Å². The van der Waals surface area contributed by atoms with Crippen LogP contribution in [0.3, 0.4) is 0 Å². The molecule has 3 aliphatic heterocycles. The first kappa shape index (κ1) is 24.6. The number of nitrogens with one attached hydrogen (secondary N) is 2. The molecule has 38 heavy (non-hydrogen) atoms. The monoisotopic (exact) mass is 509 g/mol. The minimum absolute atomic E-state index is 0.0345. The molecular weight excluding hydrogens is 474 g/mol. The van der Waals surface area contributed by atoms with Crippen LogP contribution in [0.2, 0.25) is 0 Å². The molecule has 3 aromatic rings. The Balaban J connectivity index is 1.31. The average molecular weight is 510 g/mol. The summed E-state index contributed by atoms with van der Waals surface area (Å²) in [5, 5.41) is 6.93. The number of amides is 1. The van der Waals surface area contributed by atoms with Crippen molar-refractivity contribution in [3.63, 3.8) is 0 Å². The summed E-state index contributed by atoms with van der Waals surface area (Å²) >= 11 is 0. The third-order valence-electron chi connectivity index (χ3n) is 7.89. The first-order valence-corrected chi connectivity index (χ1v) is 13.8. The van der Waals surface area contributed by atoms with E-state index in [2.05, 4.69) is 46.7 Å². The molecule has 0 saturated carbocycles. The van der Waals surface area contributed by atoms with Crippen molar-refractivity contribution in [3.8, 4) is 11.3 Å². The zero-order valence-corrected chi connectivity index (χ0v) is 22.1. The number of pyridine rings is 2. The molecular formula is C31H35N5O2. The fraction of sp³-hybridized carbons (Fsp3) is 0.387. The zero-order chi connectivity index (χ0) is 26.1. The van der Waals surface area contributed by atoms with Crippen molar-refractivity contribution < 1.29 is 9.53 Å². The zero-order valence-electron chi connectivity index (χ0n) is 22.1. The molecule has 5 heterocycles. The van der Waals surface area contributed by atoms with Crippen molar-refractivity contribution in [1.82, 2.24) is 25.5 Å². The Kier molecular flexibility index (Phi) is 6.85. The topological polar surface area (TPSA) is 79.4 Å². The Hall–Kier alpha value is -3.71. The number of nitrogens with zero attached hydrogens (tertiary/aromatic N) is 3. The third-order valence-corrected chi connectivity index (χ3v) is 7.89. The minimum atomic E-state index is -0.0345. The molecule has 0 bridgehead atoms. The fourth-order valence-corrected chi connectivity index (χ4v) is 5.88. The number of aryl methyl sites for hydroxylation is 1. The second kappa shape index (κ2) is 10.6. The standard InChI is InChI=1S/C31H35N5O2/c1-20-5-3-7-26(33-20)29-30(36-21(2)6-4-8-28(36)35-29)24-13-16-32-27(19-24)22-9-11-23(12-10-22)31(37)34-25-14-17-38-18-15-25/h3,5,7,9-13,16,19,21,25,28,35H,4,6,8,14-15,17-18H2,1-2H3,(H,34,37)/t21-,28?/m1/s1. The van der Waals surface area contributed by atoms with Gasteiger partial charge in [-0.15, -0.1) is 0 Å². The van der Waals surface area contributed by atoms with Gasteiger partial charge >= 0.3 is 0 Å². The molecule has 3 aliphatic rings. The minimum Gasteiger partial charge on any atom is -0.381 e. The van der Waals surface area contributed by atoms with Gasteiger partial charge in [0.15, 0.2) is 0 Å². The number of fused-ring (bicyclic) bond motifs is 1. The number of benzene rings is 1. The van der Waals surface area contributed by atoms with Gasteiger partial charge in [0.25, 0.3) is 5.91 Å². The summed E-state index contributed by atoms with van der Waals surface area (Å²) in [6, 6.07) is 18.8. The molecule has 1 amide bonds. The highest BCUT2D eigenvalue weighted by Gasteiger charge is 2.38. The predicted molar refractivity (Wildman–Crippen MR) is 149 cm³/mol. The van der Waals surface area contributed by atoms with Gasteiger partial charge in [0.05, 0.1) is 28.9 Å². The van der Waals surface area contributed by atoms with Crippen molar-refractivity contribution in [2.75, 3.05) is 13.2 Å². The molecule has 2 N–H and O–H groups in total. The molecule has 1 aromatic carbocycles. The van der Waals surface area contributed by atoms with Crippen molar-refractivity contribution in [1.29, 1.82) is 0 Å². The Morgan fingerprint density at radius 2 is 1.82 bits per heavy atom. The molecule has 6 rings (SSSR count). The van der Waals surface area contributed by atoms with E-state index in [-0.39, 0.29) is 18.1 Å². The maximum atomic E-state index is 12.8. The van der Waals surface area contributed by atoms with E-state index in [9.17, 15) is 4.79 Å². The normalized spacial score (nSPS) is 21.7. The van der Waals surface area contributed by atoms with Gasteiger partial charge in [-0.2, -0.15) is 0 Å². The lowest BCUT2D eigenvalue weighted by Crippen LogP contribution is -2.45. The molecule has 2 aromatic heterocycles. The van der Waals surface area contributed by atoms with Gasteiger partial charge in [0.1, 0.15) is 0 Å². The lowest BCUT2D eigenvalue weighted by atomic mass is 9.98. The number of carbonyl (C=O) groups excluding carboxylic acids is 1. The maximum Gasteiger partial charge on any atom is 0.251 e.